The van der Waals surface area contributed by atoms with E-state index in [0.29, 0.717) is 37.5 Å². The van der Waals surface area contributed by atoms with E-state index in [2.05, 4.69) is 25.7 Å². The summed E-state index contributed by atoms with van der Waals surface area (Å²) >= 11 is 0. The molecule has 2 amide bonds. The van der Waals surface area contributed by atoms with Crippen molar-refractivity contribution < 1.29 is 60.6 Å². The van der Waals surface area contributed by atoms with E-state index in [1.807, 2.05) is 12.1 Å². The number of aliphatic carboxylic acids is 2. The first-order chi connectivity index (χ1) is 19.0. The molecule has 0 saturated carbocycles. The van der Waals surface area contributed by atoms with Gasteiger partial charge < -0.3 is 25.3 Å². The van der Waals surface area contributed by atoms with Crippen LogP contribution >= 0.6 is 0 Å². The highest BCUT2D eigenvalue weighted by molar-refractivity contribution is 6.39. The molecule has 0 bridgehead atoms. The van der Waals surface area contributed by atoms with Crippen LogP contribution in [0.25, 0.3) is 0 Å². The van der Waals surface area contributed by atoms with Crippen LogP contribution in [0.3, 0.4) is 0 Å². The molecule has 224 valence electrons. The summed E-state index contributed by atoms with van der Waals surface area (Å²) in [7, 11) is 0. The van der Waals surface area contributed by atoms with Crippen molar-refractivity contribution in [1.82, 2.24) is 25.4 Å². The van der Waals surface area contributed by atoms with Crippen molar-refractivity contribution in [1.29, 1.82) is 0 Å². The van der Waals surface area contributed by atoms with E-state index in [9.17, 15) is 35.9 Å². The van der Waals surface area contributed by atoms with E-state index in [1.54, 1.807) is 29.6 Å². The molecule has 1 unspecified atom stereocenters. The van der Waals surface area contributed by atoms with Crippen molar-refractivity contribution in [3.63, 3.8) is 0 Å². The number of aromatic amines is 1. The van der Waals surface area contributed by atoms with Crippen LogP contribution in [0.5, 0.6) is 0 Å². The third-order valence-electron chi connectivity index (χ3n) is 5.35. The van der Waals surface area contributed by atoms with E-state index < -0.39 is 29.9 Å². The zero-order valence-electron chi connectivity index (χ0n) is 20.7. The van der Waals surface area contributed by atoms with Crippen LogP contribution in [0, 0.1) is 0 Å². The quantitative estimate of drug-likeness (QED) is 0.384. The molecule has 1 fully saturated rings. The van der Waals surface area contributed by atoms with Gasteiger partial charge in [-0.15, -0.1) is 0 Å². The summed E-state index contributed by atoms with van der Waals surface area (Å²) in [6.45, 7) is 1.44. The number of halogens is 6. The maximum Gasteiger partial charge on any atom is 0.490 e. The number of carboxylic acid groups (broad SMARTS) is 2. The third-order valence-corrected chi connectivity index (χ3v) is 5.35. The number of piperidine rings is 1. The second-order valence-electron chi connectivity index (χ2n) is 8.43. The number of hydrogen-bond donors (Lipinski definition) is 4. The van der Waals surface area contributed by atoms with Gasteiger partial charge in [0.2, 0.25) is 0 Å². The Kier molecular flexibility index (Phi) is 10.8. The zero-order valence-corrected chi connectivity index (χ0v) is 20.7. The maximum atomic E-state index is 12.6. The zero-order chi connectivity index (χ0) is 30.8. The Hall–Kier alpha value is -4.71. The van der Waals surface area contributed by atoms with Crippen molar-refractivity contribution in [3.05, 3.63) is 48.0 Å². The van der Waals surface area contributed by atoms with Crippen LogP contribution in [-0.2, 0) is 25.8 Å². The van der Waals surface area contributed by atoms with Crippen LogP contribution in [0.2, 0.25) is 0 Å². The van der Waals surface area contributed by atoms with Gasteiger partial charge >= 0.3 is 24.3 Å². The number of pyridine rings is 1. The molecule has 0 aromatic carbocycles. The number of H-pyrrole nitrogens is 1. The largest absolute Gasteiger partial charge is 0.490 e. The van der Waals surface area contributed by atoms with Gasteiger partial charge in [-0.25, -0.2) is 9.59 Å². The number of oxime groups is 1. The number of hydrogen-bond acceptors (Lipinski definition) is 8. The number of rotatable bonds is 4. The molecule has 1 atom stereocenters. The standard InChI is InChI=1S/C18H20N6O3.2C2HF3O2/c25-16(20-11-13-2-6-19-7-3-13)15-10-18(27-23-15)5-1-9-24(12-18)17(26)14-4-8-21-22-14;2*3-2(4,5)1(6)7/h2-4,6-8H,1,5,9-12H2,(H,20,25)(H,21,22);2*(H,6,7). The Balaban J connectivity index is 0.000000349. The molecule has 19 heteroatoms. The predicted molar refractivity (Wildman–Crippen MR) is 123 cm³/mol. The number of carboxylic acids is 2. The summed E-state index contributed by atoms with van der Waals surface area (Å²) in [5.41, 5.74) is 1.14. The smallest absolute Gasteiger partial charge is 0.475 e. The average molecular weight is 596 g/mol. The molecular weight excluding hydrogens is 574 g/mol. The van der Waals surface area contributed by atoms with Gasteiger partial charge in [0.1, 0.15) is 11.4 Å². The highest BCUT2D eigenvalue weighted by Gasteiger charge is 2.46. The van der Waals surface area contributed by atoms with Gasteiger partial charge in [0.25, 0.3) is 11.8 Å². The maximum absolute atomic E-state index is 12.6. The minimum absolute atomic E-state index is 0.120. The molecule has 41 heavy (non-hydrogen) atoms. The lowest BCUT2D eigenvalue weighted by molar-refractivity contribution is -0.193. The van der Waals surface area contributed by atoms with E-state index >= 15 is 0 Å². The van der Waals surface area contributed by atoms with Gasteiger partial charge in [0.05, 0.1) is 6.54 Å². The van der Waals surface area contributed by atoms with Crippen molar-refractivity contribution in [2.45, 2.75) is 43.8 Å². The van der Waals surface area contributed by atoms with Gasteiger partial charge in [-0.2, -0.15) is 31.4 Å². The van der Waals surface area contributed by atoms with Gasteiger partial charge in [-0.3, -0.25) is 19.7 Å². The lowest BCUT2D eigenvalue weighted by Gasteiger charge is -2.37. The molecular formula is C22H22F6N6O7. The first-order valence-corrected chi connectivity index (χ1v) is 11.3. The topological polar surface area (TPSA) is 187 Å². The molecule has 0 aliphatic carbocycles. The molecule has 2 aliphatic heterocycles. The number of aromatic nitrogens is 3. The Bertz CT molecular complexity index is 1210. The lowest BCUT2D eigenvalue weighted by atomic mass is 9.88. The number of amides is 2. The summed E-state index contributed by atoms with van der Waals surface area (Å²) in [6, 6.07) is 5.33. The summed E-state index contributed by atoms with van der Waals surface area (Å²) in [5, 5.41) is 27.6. The van der Waals surface area contributed by atoms with Crippen molar-refractivity contribution >= 4 is 29.5 Å². The van der Waals surface area contributed by atoms with Crippen molar-refractivity contribution in [3.8, 4) is 0 Å². The van der Waals surface area contributed by atoms with Crippen molar-refractivity contribution in [2.75, 3.05) is 13.1 Å². The van der Waals surface area contributed by atoms with Crippen molar-refractivity contribution in [2.24, 2.45) is 5.16 Å². The van der Waals surface area contributed by atoms with Crippen LogP contribution < -0.4 is 5.32 Å². The molecule has 2 aromatic rings. The molecule has 1 spiro atoms. The lowest BCUT2D eigenvalue weighted by Crippen LogP contribution is -2.51. The Morgan fingerprint density at radius 1 is 1.00 bits per heavy atom. The molecule has 4 rings (SSSR count). The van der Waals surface area contributed by atoms with Crippen LogP contribution in [0.1, 0.15) is 35.3 Å². The predicted octanol–water partition coefficient (Wildman–Crippen LogP) is 2.14. The Labute approximate surface area is 226 Å². The van der Waals surface area contributed by atoms with Gasteiger partial charge in [-0.05, 0) is 36.6 Å². The summed E-state index contributed by atoms with van der Waals surface area (Å²) in [6.07, 6.45) is -3.32. The van der Waals surface area contributed by atoms with Gasteiger partial charge in [0, 0.05) is 38.1 Å². The molecule has 2 aromatic heterocycles. The van der Waals surface area contributed by atoms with Crippen LogP contribution in [0.15, 0.2) is 41.9 Å². The summed E-state index contributed by atoms with van der Waals surface area (Å²) in [4.78, 5) is 54.1. The SMILES string of the molecule is O=C(NCc1ccncc1)C1=NOC2(CCCN(C(=O)c3ccn[nH]3)C2)C1.O=C(O)C(F)(F)F.O=C(O)C(F)(F)F. The fourth-order valence-electron chi connectivity index (χ4n) is 3.46. The Morgan fingerprint density at radius 2 is 1.59 bits per heavy atom. The molecule has 2 aliphatic rings. The fraction of sp³-hybridized carbons (Fsp3) is 0.409. The number of nitrogens with one attached hydrogen (secondary N) is 2. The van der Waals surface area contributed by atoms with Gasteiger partial charge in [-0.1, -0.05) is 5.16 Å². The molecule has 4 heterocycles. The van der Waals surface area contributed by atoms with Crippen LogP contribution in [0.4, 0.5) is 26.3 Å². The van der Waals surface area contributed by atoms with E-state index in [4.69, 9.17) is 24.6 Å². The van der Waals surface area contributed by atoms with Crippen LogP contribution in [-0.4, -0.2) is 90.8 Å². The van der Waals surface area contributed by atoms with E-state index in [0.717, 1.165) is 18.4 Å². The first-order valence-electron chi connectivity index (χ1n) is 11.3. The number of alkyl halides is 6. The minimum atomic E-state index is -5.08. The number of carbonyl (C=O) groups is 4. The van der Waals surface area contributed by atoms with E-state index in [1.165, 1.54) is 0 Å². The third kappa shape index (κ3) is 10.1. The number of carbonyl (C=O) groups excluding carboxylic acids is 2. The minimum Gasteiger partial charge on any atom is -0.475 e. The first kappa shape index (κ1) is 32.5. The molecule has 1 saturated heterocycles. The normalized spacial score (nSPS) is 18.1. The summed E-state index contributed by atoms with van der Waals surface area (Å²) < 4.78 is 63.5. The monoisotopic (exact) mass is 596 g/mol. The Morgan fingerprint density at radius 3 is 2.10 bits per heavy atom. The summed E-state index contributed by atoms with van der Waals surface area (Å²) in [5.74, 6) is -5.88. The highest BCUT2D eigenvalue weighted by atomic mass is 19.4. The van der Waals surface area contributed by atoms with Gasteiger partial charge in [0.15, 0.2) is 5.60 Å². The number of nitrogens with zero attached hydrogens (tertiary/aromatic N) is 4. The van der Waals surface area contributed by atoms with E-state index in [-0.39, 0.29) is 11.8 Å². The molecule has 0 radical (unpaired) electrons. The fourth-order valence-corrected chi connectivity index (χ4v) is 3.46. The molecule has 13 nitrogen and oxygen atoms in total. The molecule has 4 N–H and O–H groups in total. The highest BCUT2D eigenvalue weighted by Crippen LogP contribution is 2.34. The second kappa shape index (κ2) is 13.6. The second-order valence-corrected chi connectivity index (χ2v) is 8.43. The average Bonchev–Trinajstić information content (AvgIpc) is 3.58. The number of likely N-dealkylation sites (tertiary alicyclic amines) is 1.